The van der Waals surface area contributed by atoms with Gasteiger partial charge in [-0.15, -0.1) is 0 Å². The Morgan fingerprint density at radius 1 is 1.14 bits per heavy atom. The fourth-order valence-electron chi connectivity index (χ4n) is 3.65. The van der Waals surface area contributed by atoms with Crippen molar-refractivity contribution in [3.63, 3.8) is 0 Å². The fourth-order valence-corrected chi connectivity index (χ4v) is 3.65. The van der Waals surface area contributed by atoms with Crippen molar-refractivity contribution < 1.29 is 4.79 Å². The van der Waals surface area contributed by atoms with Crippen molar-refractivity contribution in [2.75, 3.05) is 18.8 Å². The van der Waals surface area contributed by atoms with Gasteiger partial charge in [-0.2, -0.15) is 0 Å². The van der Waals surface area contributed by atoms with Crippen molar-refractivity contribution in [1.29, 1.82) is 0 Å². The van der Waals surface area contributed by atoms with Crippen molar-refractivity contribution in [3.05, 3.63) is 72.3 Å². The molecule has 1 unspecified atom stereocenters. The van der Waals surface area contributed by atoms with Crippen LogP contribution < -0.4 is 11.1 Å². The molecule has 1 saturated heterocycles. The van der Waals surface area contributed by atoms with Gasteiger partial charge in [-0.1, -0.05) is 18.2 Å². The van der Waals surface area contributed by atoms with Crippen LogP contribution in [0.1, 0.15) is 28.8 Å². The number of hydrogen-bond acceptors (Lipinski definition) is 6. The van der Waals surface area contributed by atoms with E-state index in [1.807, 2.05) is 36.5 Å². The van der Waals surface area contributed by atoms with E-state index in [1.54, 1.807) is 12.4 Å². The average molecular weight is 388 g/mol. The summed E-state index contributed by atoms with van der Waals surface area (Å²) < 4.78 is 0. The topological polar surface area (TPSA) is 97.0 Å². The molecule has 4 rings (SSSR count). The first-order valence-corrected chi connectivity index (χ1v) is 9.77. The minimum Gasteiger partial charge on any atom is -0.382 e. The van der Waals surface area contributed by atoms with E-state index in [0.717, 1.165) is 38.0 Å². The van der Waals surface area contributed by atoms with Crippen molar-refractivity contribution in [1.82, 2.24) is 25.2 Å². The number of aromatic nitrogens is 3. The summed E-state index contributed by atoms with van der Waals surface area (Å²) in [6.07, 6.45) is 8.91. The second-order valence-corrected chi connectivity index (χ2v) is 7.32. The fraction of sp³-hybridized carbons (Fsp3) is 0.273. The number of nitrogens with two attached hydrogens (primary N) is 1. The van der Waals surface area contributed by atoms with E-state index in [9.17, 15) is 4.79 Å². The third kappa shape index (κ3) is 4.94. The number of nitrogen functional groups attached to an aromatic ring is 1. The number of piperidine rings is 1. The lowest BCUT2D eigenvalue weighted by molar-refractivity contribution is 0.0900. The highest BCUT2D eigenvalue weighted by atomic mass is 16.1. The number of likely N-dealkylation sites (tertiary alicyclic amines) is 1. The molecule has 3 aromatic rings. The molecule has 0 aliphatic carbocycles. The first kappa shape index (κ1) is 19.0. The number of nitrogens with zero attached hydrogens (tertiary/aromatic N) is 4. The molecule has 7 nitrogen and oxygen atoms in total. The van der Waals surface area contributed by atoms with Crippen LogP contribution in [0.15, 0.2) is 61.2 Å². The van der Waals surface area contributed by atoms with Crippen LogP contribution >= 0.6 is 0 Å². The van der Waals surface area contributed by atoms with E-state index in [1.165, 1.54) is 11.8 Å². The van der Waals surface area contributed by atoms with Crippen molar-refractivity contribution in [2.24, 2.45) is 0 Å². The Bertz CT molecular complexity index is 961. The predicted octanol–water partition coefficient (Wildman–Crippen LogP) is 2.52. The number of carbonyl (C=O) groups excluding carboxylic acids is 1. The molecule has 0 radical (unpaired) electrons. The van der Waals surface area contributed by atoms with Crippen LogP contribution in [0.5, 0.6) is 0 Å². The maximum Gasteiger partial charge on any atom is 0.251 e. The van der Waals surface area contributed by atoms with Crippen LogP contribution in [0.3, 0.4) is 0 Å². The van der Waals surface area contributed by atoms with E-state index in [2.05, 4.69) is 31.2 Å². The summed E-state index contributed by atoms with van der Waals surface area (Å²) in [6, 6.07) is 11.5. The molecular formula is C22H24N6O. The number of rotatable bonds is 5. The Balaban J connectivity index is 1.36. The van der Waals surface area contributed by atoms with E-state index in [-0.39, 0.29) is 11.9 Å². The Morgan fingerprint density at radius 2 is 2.00 bits per heavy atom. The molecule has 0 spiro atoms. The molecule has 1 aliphatic rings. The van der Waals surface area contributed by atoms with E-state index < -0.39 is 0 Å². The summed E-state index contributed by atoms with van der Waals surface area (Å²) >= 11 is 0. The second kappa shape index (κ2) is 8.79. The molecule has 1 aromatic carbocycles. The maximum absolute atomic E-state index is 12.7. The van der Waals surface area contributed by atoms with Crippen molar-refractivity contribution >= 4 is 11.7 Å². The zero-order chi connectivity index (χ0) is 20.1. The maximum atomic E-state index is 12.7. The number of anilines is 1. The Labute approximate surface area is 170 Å². The lowest BCUT2D eigenvalue weighted by Crippen LogP contribution is -2.47. The SMILES string of the molecule is Nc1cncc(-c2ccc(C(=O)NC3CCCN(Cc4cccnc4)C3)cc2)n1. The molecule has 2 aromatic heterocycles. The molecule has 1 atom stereocenters. The lowest BCUT2D eigenvalue weighted by Gasteiger charge is -2.33. The molecule has 0 saturated carbocycles. The molecule has 1 aliphatic heterocycles. The normalized spacial score (nSPS) is 17.0. The molecular weight excluding hydrogens is 364 g/mol. The Kier molecular flexibility index (Phi) is 5.76. The largest absolute Gasteiger partial charge is 0.382 e. The smallest absolute Gasteiger partial charge is 0.251 e. The highest BCUT2D eigenvalue weighted by Gasteiger charge is 2.22. The summed E-state index contributed by atoms with van der Waals surface area (Å²) in [6.45, 7) is 2.74. The zero-order valence-electron chi connectivity index (χ0n) is 16.2. The number of amides is 1. The predicted molar refractivity (Wildman–Crippen MR) is 112 cm³/mol. The highest BCUT2D eigenvalue weighted by molar-refractivity contribution is 5.94. The quantitative estimate of drug-likeness (QED) is 0.697. The van der Waals surface area contributed by atoms with Gasteiger partial charge in [-0.3, -0.25) is 19.7 Å². The molecule has 148 valence electrons. The van der Waals surface area contributed by atoms with Gasteiger partial charge in [0, 0.05) is 42.7 Å². The minimum atomic E-state index is -0.0524. The van der Waals surface area contributed by atoms with Crippen molar-refractivity contribution in [3.8, 4) is 11.3 Å². The Morgan fingerprint density at radius 3 is 2.76 bits per heavy atom. The Hall–Kier alpha value is -3.32. The zero-order valence-corrected chi connectivity index (χ0v) is 16.2. The van der Waals surface area contributed by atoms with Crippen molar-refractivity contribution in [2.45, 2.75) is 25.4 Å². The monoisotopic (exact) mass is 388 g/mol. The molecule has 3 heterocycles. The number of nitrogens with one attached hydrogen (secondary N) is 1. The van der Waals surface area contributed by atoms with Gasteiger partial charge in [0.25, 0.3) is 5.91 Å². The van der Waals surface area contributed by atoms with Gasteiger partial charge in [-0.25, -0.2) is 4.98 Å². The summed E-state index contributed by atoms with van der Waals surface area (Å²) in [5, 5.41) is 3.18. The van der Waals surface area contributed by atoms with Crippen LogP contribution in [0.25, 0.3) is 11.3 Å². The molecule has 0 bridgehead atoms. The van der Waals surface area contributed by atoms with Gasteiger partial charge < -0.3 is 11.1 Å². The molecule has 7 heteroatoms. The van der Waals surface area contributed by atoms with Crippen LogP contribution in [0.4, 0.5) is 5.82 Å². The molecule has 29 heavy (non-hydrogen) atoms. The van der Waals surface area contributed by atoms with Gasteiger partial charge in [0.2, 0.25) is 0 Å². The van der Waals surface area contributed by atoms with Gasteiger partial charge in [-0.05, 0) is 43.1 Å². The van der Waals surface area contributed by atoms with E-state index in [4.69, 9.17) is 5.73 Å². The third-order valence-electron chi connectivity index (χ3n) is 5.07. The molecule has 1 fully saturated rings. The van der Waals surface area contributed by atoms with Gasteiger partial charge in [0.1, 0.15) is 5.82 Å². The lowest BCUT2D eigenvalue weighted by atomic mass is 10.0. The summed E-state index contributed by atoms with van der Waals surface area (Å²) in [4.78, 5) is 27.6. The first-order chi connectivity index (χ1) is 14.2. The average Bonchev–Trinajstić information content (AvgIpc) is 2.75. The highest BCUT2D eigenvalue weighted by Crippen LogP contribution is 2.18. The van der Waals surface area contributed by atoms with Gasteiger partial charge >= 0.3 is 0 Å². The summed E-state index contributed by atoms with van der Waals surface area (Å²) in [5.74, 6) is 0.320. The summed E-state index contributed by atoms with van der Waals surface area (Å²) in [7, 11) is 0. The van der Waals surface area contributed by atoms with Crippen LogP contribution in [0.2, 0.25) is 0 Å². The number of pyridine rings is 1. The van der Waals surface area contributed by atoms with Crippen LogP contribution in [0, 0.1) is 0 Å². The minimum absolute atomic E-state index is 0.0524. The van der Waals surface area contributed by atoms with E-state index >= 15 is 0 Å². The van der Waals surface area contributed by atoms with Gasteiger partial charge in [0.05, 0.1) is 18.1 Å². The number of benzene rings is 1. The second-order valence-electron chi connectivity index (χ2n) is 7.32. The number of hydrogen-bond donors (Lipinski definition) is 2. The standard InChI is InChI=1S/C22H24N6O/c23-21-13-25-12-20(27-21)17-5-7-18(8-6-17)22(29)26-19-4-2-10-28(15-19)14-16-3-1-9-24-11-16/h1,3,5-9,11-13,19H,2,4,10,14-15H2,(H2,23,27)(H,26,29). The number of carbonyl (C=O) groups is 1. The van der Waals surface area contributed by atoms with Gasteiger partial charge in [0.15, 0.2) is 0 Å². The first-order valence-electron chi connectivity index (χ1n) is 9.77. The summed E-state index contributed by atoms with van der Waals surface area (Å²) in [5.41, 5.74) is 9.09. The molecule has 1 amide bonds. The molecule has 3 N–H and O–H groups in total. The van der Waals surface area contributed by atoms with Crippen LogP contribution in [-0.2, 0) is 6.54 Å². The van der Waals surface area contributed by atoms with Crippen LogP contribution in [-0.4, -0.2) is 44.9 Å². The van der Waals surface area contributed by atoms with E-state index in [0.29, 0.717) is 17.1 Å². The third-order valence-corrected chi connectivity index (χ3v) is 5.07.